The van der Waals surface area contributed by atoms with Gasteiger partial charge in [-0.1, -0.05) is 36.3 Å². The zero-order valence-electron chi connectivity index (χ0n) is 15.7. The van der Waals surface area contributed by atoms with E-state index in [0.717, 1.165) is 18.4 Å². The molecule has 27 heavy (non-hydrogen) atoms. The van der Waals surface area contributed by atoms with Gasteiger partial charge in [-0.05, 0) is 24.8 Å². The van der Waals surface area contributed by atoms with Gasteiger partial charge < -0.3 is 14.4 Å². The minimum absolute atomic E-state index is 0.0156. The molecule has 0 aliphatic carbocycles. The summed E-state index contributed by atoms with van der Waals surface area (Å²) in [7, 11) is 1.64. The van der Waals surface area contributed by atoms with Gasteiger partial charge in [-0.15, -0.1) is 6.42 Å². The van der Waals surface area contributed by atoms with Gasteiger partial charge in [-0.2, -0.15) is 0 Å². The van der Waals surface area contributed by atoms with Crippen molar-refractivity contribution < 1.29 is 19.1 Å². The molecule has 2 unspecified atom stereocenters. The van der Waals surface area contributed by atoms with Gasteiger partial charge >= 0.3 is 6.09 Å². The van der Waals surface area contributed by atoms with Gasteiger partial charge in [0, 0.05) is 25.6 Å². The van der Waals surface area contributed by atoms with E-state index in [-0.39, 0.29) is 31.0 Å². The molecule has 2 fully saturated rings. The molecule has 0 aromatic heterocycles. The van der Waals surface area contributed by atoms with Crippen molar-refractivity contribution in [2.75, 3.05) is 26.8 Å². The van der Waals surface area contributed by atoms with Crippen molar-refractivity contribution in [1.29, 1.82) is 0 Å². The number of amides is 2. The largest absolute Gasteiger partial charge is 0.445 e. The predicted molar refractivity (Wildman–Crippen MR) is 101 cm³/mol. The number of carbonyl (C=O) groups is 2. The monoisotopic (exact) mass is 370 g/mol. The molecule has 6 nitrogen and oxygen atoms in total. The van der Waals surface area contributed by atoms with Gasteiger partial charge in [-0.25, -0.2) is 4.79 Å². The Morgan fingerprint density at radius 3 is 2.78 bits per heavy atom. The topological polar surface area (TPSA) is 59.1 Å². The fraction of sp³-hybridized carbons (Fsp3) is 0.524. The van der Waals surface area contributed by atoms with E-state index in [1.54, 1.807) is 16.9 Å². The summed E-state index contributed by atoms with van der Waals surface area (Å²) in [5.41, 5.74) is 0.916. The summed E-state index contributed by atoms with van der Waals surface area (Å²) >= 11 is 0. The Hall–Kier alpha value is -2.52. The van der Waals surface area contributed by atoms with Crippen molar-refractivity contribution in [3.05, 3.63) is 35.9 Å². The number of methoxy groups -OCH3 is 1. The first-order valence-corrected chi connectivity index (χ1v) is 9.36. The van der Waals surface area contributed by atoms with Crippen LogP contribution in [0.5, 0.6) is 0 Å². The van der Waals surface area contributed by atoms with E-state index in [4.69, 9.17) is 15.9 Å². The molecule has 3 atom stereocenters. The second-order valence-electron chi connectivity index (χ2n) is 7.10. The molecule has 2 saturated heterocycles. The molecule has 3 rings (SSSR count). The fourth-order valence-electron chi connectivity index (χ4n) is 4.13. The van der Waals surface area contributed by atoms with E-state index < -0.39 is 12.1 Å². The summed E-state index contributed by atoms with van der Waals surface area (Å²) in [5, 5.41) is 0. The summed E-state index contributed by atoms with van der Waals surface area (Å²) in [6.07, 6.45) is 7.38. The lowest BCUT2D eigenvalue weighted by Gasteiger charge is -2.40. The highest BCUT2D eigenvalue weighted by Gasteiger charge is 2.47. The van der Waals surface area contributed by atoms with E-state index in [1.165, 1.54) is 0 Å². The molecule has 2 heterocycles. The van der Waals surface area contributed by atoms with Crippen molar-refractivity contribution in [3.8, 4) is 12.3 Å². The van der Waals surface area contributed by atoms with Crippen molar-refractivity contribution in [1.82, 2.24) is 9.80 Å². The first-order valence-electron chi connectivity index (χ1n) is 9.36. The van der Waals surface area contributed by atoms with Gasteiger partial charge in [0.05, 0.1) is 13.2 Å². The van der Waals surface area contributed by atoms with E-state index in [1.807, 2.05) is 30.3 Å². The number of rotatable bonds is 5. The van der Waals surface area contributed by atoms with Gasteiger partial charge in [-0.3, -0.25) is 9.69 Å². The highest BCUT2D eigenvalue weighted by Crippen LogP contribution is 2.33. The van der Waals surface area contributed by atoms with Crippen LogP contribution in [0.15, 0.2) is 30.3 Å². The first kappa shape index (κ1) is 19.2. The molecule has 2 amide bonds. The maximum atomic E-state index is 13.0. The van der Waals surface area contributed by atoms with Crippen LogP contribution in [0.3, 0.4) is 0 Å². The number of piperidine rings is 1. The maximum Gasteiger partial charge on any atom is 0.411 e. The summed E-state index contributed by atoms with van der Waals surface area (Å²) in [4.78, 5) is 29.3. The van der Waals surface area contributed by atoms with Crippen molar-refractivity contribution >= 4 is 12.0 Å². The molecule has 0 spiro atoms. The Balaban J connectivity index is 1.81. The zero-order chi connectivity index (χ0) is 19.2. The van der Waals surface area contributed by atoms with E-state index in [0.29, 0.717) is 19.6 Å². The molecule has 0 saturated carbocycles. The maximum absolute atomic E-state index is 13.0. The standard InChI is InChI=1S/C21H26N2O4/c1-3-12-22-13-17(15-26-2)18-10-7-11-19(20(22)24)23(18)21(25)27-14-16-8-5-4-6-9-16/h1,4-6,8-9,17-19H,7,10-15H2,2H3/t17-,18?,19?/m1/s1. The van der Waals surface area contributed by atoms with Crippen LogP contribution < -0.4 is 0 Å². The number of hydrogen-bond acceptors (Lipinski definition) is 4. The Labute approximate surface area is 160 Å². The molecule has 1 aromatic carbocycles. The summed E-state index contributed by atoms with van der Waals surface area (Å²) in [6.45, 7) is 1.40. The molecule has 0 radical (unpaired) electrons. The Bertz CT molecular complexity index is 700. The second kappa shape index (κ2) is 8.92. The van der Waals surface area contributed by atoms with Crippen molar-refractivity contribution in [3.63, 3.8) is 0 Å². The molecular weight excluding hydrogens is 344 g/mol. The smallest absolute Gasteiger partial charge is 0.411 e. The molecule has 144 valence electrons. The van der Waals surface area contributed by atoms with Gasteiger partial charge in [0.2, 0.25) is 5.91 Å². The van der Waals surface area contributed by atoms with Crippen LogP contribution in [0.2, 0.25) is 0 Å². The molecule has 0 N–H and O–H groups in total. The molecule has 2 aliphatic rings. The molecular formula is C21H26N2O4. The normalized spacial score (nSPS) is 24.9. The Morgan fingerprint density at radius 2 is 2.07 bits per heavy atom. The lowest BCUT2D eigenvalue weighted by Crippen LogP contribution is -2.55. The predicted octanol–water partition coefficient (Wildman–Crippen LogP) is 2.28. The van der Waals surface area contributed by atoms with Crippen LogP contribution in [0, 0.1) is 18.3 Å². The van der Waals surface area contributed by atoms with Gasteiger partial charge in [0.25, 0.3) is 0 Å². The van der Waals surface area contributed by atoms with Crippen molar-refractivity contribution in [2.24, 2.45) is 5.92 Å². The van der Waals surface area contributed by atoms with Crippen LogP contribution in [-0.4, -0.2) is 60.7 Å². The minimum Gasteiger partial charge on any atom is -0.445 e. The lowest BCUT2D eigenvalue weighted by molar-refractivity contribution is -0.135. The highest BCUT2D eigenvalue weighted by molar-refractivity contribution is 5.87. The van der Waals surface area contributed by atoms with Gasteiger partial charge in [0.1, 0.15) is 12.6 Å². The third kappa shape index (κ3) is 4.25. The van der Waals surface area contributed by atoms with Crippen molar-refractivity contribution in [2.45, 2.75) is 38.0 Å². The number of fused-ring (bicyclic) bond motifs is 2. The summed E-state index contributed by atoms with van der Waals surface area (Å²) < 4.78 is 10.9. The van der Waals surface area contributed by atoms with E-state index in [2.05, 4.69) is 5.92 Å². The number of benzene rings is 1. The van der Waals surface area contributed by atoms with Crippen LogP contribution in [0.1, 0.15) is 24.8 Å². The van der Waals surface area contributed by atoms with E-state index >= 15 is 0 Å². The summed E-state index contributed by atoms with van der Waals surface area (Å²) in [5.74, 6) is 2.48. The minimum atomic E-state index is -0.512. The molecule has 1 aromatic rings. The average Bonchev–Trinajstić information content (AvgIpc) is 2.75. The third-order valence-electron chi connectivity index (χ3n) is 5.35. The van der Waals surface area contributed by atoms with E-state index in [9.17, 15) is 9.59 Å². The zero-order valence-corrected chi connectivity index (χ0v) is 15.7. The Morgan fingerprint density at radius 1 is 1.30 bits per heavy atom. The highest BCUT2D eigenvalue weighted by atomic mass is 16.6. The van der Waals surface area contributed by atoms with Crippen LogP contribution in [0.25, 0.3) is 0 Å². The Kier molecular flexibility index (Phi) is 6.36. The quantitative estimate of drug-likeness (QED) is 0.746. The number of hydrogen-bond donors (Lipinski definition) is 0. The fourth-order valence-corrected chi connectivity index (χ4v) is 4.13. The lowest BCUT2D eigenvalue weighted by atomic mass is 9.89. The number of terminal acetylenes is 1. The SMILES string of the molecule is C#CCN1C[C@H](COC)C2CCCC(C1=O)N2C(=O)OCc1ccccc1. The van der Waals surface area contributed by atoms with Crippen LogP contribution >= 0.6 is 0 Å². The van der Waals surface area contributed by atoms with Crippen LogP contribution in [0.4, 0.5) is 4.79 Å². The molecule has 2 bridgehead atoms. The number of ether oxygens (including phenoxy) is 2. The third-order valence-corrected chi connectivity index (χ3v) is 5.35. The number of nitrogens with zero attached hydrogens (tertiary/aromatic N) is 2. The van der Waals surface area contributed by atoms with Gasteiger partial charge in [0.15, 0.2) is 0 Å². The summed E-state index contributed by atoms with van der Waals surface area (Å²) in [6, 6.07) is 8.94. The molecule has 2 aliphatic heterocycles. The van der Waals surface area contributed by atoms with Crippen LogP contribution in [-0.2, 0) is 20.9 Å². The number of carbonyl (C=O) groups excluding carboxylic acids is 2. The first-order chi connectivity index (χ1) is 13.2. The average molecular weight is 370 g/mol. The second-order valence-corrected chi connectivity index (χ2v) is 7.10. The molecule has 6 heteroatoms.